The average molecular weight is 525 g/mol. The van der Waals surface area contributed by atoms with Crippen LogP contribution in [0.4, 0.5) is 11.5 Å². The fourth-order valence-electron chi connectivity index (χ4n) is 4.20. The maximum atomic E-state index is 11.1. The predicted octanol–water partition coefficient (Wildman–Crippen LogP) is 0.529. The van der Waals surface area contributed by atoms with Gasteiger partial charge < -0.3 is 40.0 Å². The summed E-state index contributed by atoms with van der Waals surface area (Å²) < 4.78 is 19.4. The fraction of sp³-hybridized carbons (Fsp3) is 0.375. The van der Waals surface area contributed by atoms with Crippen LogP contribution in [-0.4, -0.2) is 92.9 Å². The van der Waals surface area contributed by atoms with E-state index in [1.54, 1.807) is 40.2 Å². The third kappa shape index (κ3) is 5.09. The monoisotopic (exact) mass is 524 g/mol. The Kier molecular flexibility index (Phi) is 7.35. The Morgan fingerprint density at radius 1 is 1.29 bits per heavy atom. The normalized spacial score (nSPS) is 21.5. The molecule has 0 radical (unpaired) electrons. The molecule has 1 aromatic carbocycles. The van der Waals surface area contributed by atoms with Crippen LogP contribution in [0.1, 0.15) is 12.6 Å². The number of imidazole rings is 1. The topological polar surface area (TPSA) is 168 Å². The summed E-state index contributed by atoms with van der Waals surface area (Å²) in [6.07, 6.45) is 3.67. The molecule has 0 spiro atoms. The largest absolute Gasteiger partial charge is 0.489 e. The number of aliphatic hydroxyl groups is 2. The molecule has 1 amide bonds. The van der Waals surface area contributed by atoms with Crippen LogP contribution in [-0.2, 0) is 9.53 Å². The number of aromatic nitrogens is 4. The number of benzene rings is 1. The number of hydrogen-bond acceptors (Lipinski definition) is 12. The molecule has 2 aliphatic rings. The van der Waals surface area contributed by atoms with E-state index in [0.29, 0.717) is 59.3 Å². The van der Waals surface area contributed by atoms with Crippen LogP contribution in [0.2, 0.25) is 0 Å². The Hall–Kier alpha value is -4.27. The van der Waals surface area contributed by atoms with Crippen LogP contribution in [0.3, 0.4) is 0 Å². The minimum absolute atomic E-state index is 0.267. The number of nitrogens with one attached hydrogen (secondary N) is 2. The molecule has 200 valence electrons. The van der Waals surface area contributed by atoms with E-state index in [-0.39, 0.29) is 19.0 Å². The number of para-hydroxylation sites is 1. The van der Waals surface area contributed by atoms with Gasteiger partial charge in [-0.15, -0.1) is 0 Å². The first-order valence-electron chi connectivity index (χ1n) is 12.0. The molecule has 0 bridgehead atoms. The number of anilines is 1. The molecule has 2 aliphatic heterocycles. The van der Waals surface area contributed by atoms with E-state index in [1.807, 2.05) is 14.1 Å². The zero-order chi connectivity index (χ0) is 26.6. The zero-order valence-electron chi connectivity index (χ0n) is 20.8. The molecule has 14 heteroatoms. The van der Waals surface area contributed by atoms with Gasteiger partial charge >= 0.3 is 0 Å². The minimum Gasteiger partial charge on any atom is -0.489 e. The first-order valence-corrected chi connectivity index (χ1v) is 12.0. The second kappa shape index (κ2) is 11.0. The van der Waals surface area contributed by atoms with Gasteiger partial charge in [-0.3, -0.25) is 9.36 Å². The van der Waals surface area contributed by atoms with E-state index in [4.69, 9.17) is 14.2 Å². The summed E-state index contributed by atoms with van der Waals surface area (Å²) >= 11 is 0. The van der Waals surface area contributed by atoms with E-state index < -0.39 is 18.4 Å². The average Bonchev–Trinajstić information content (AvgIpc) is 3.50. The van der Waals surface area contributed by atoms with E-state index >= 15 is 0 Å². The Morgan fingerprint density at radius 2 is 2.16 bits per heavy atom. The number of hydrogen-bond donors (Lipinski definition) is 4. The maximum absolute atomic E-state index is 11.1. The van der Waals surface area contributed by atoms with Crippen molar-refractivity contribution in [1.82, 2.24) is 29.7 Å². The number of fused-ring (bicyclic) bond motifs is 2. The van der Waals surface area contributed by atoms with Crippen molar-refractivity contribution >= 4 is 34.9 Å². The number of rotatable bonds is 9. The quantitative estimate of drug-likeness (QED) is 0.228. The molecule has 3 atom stereocenters. The highest BCUT2D eigenvalue weighted by Crippen LogP contribution is 2.41. The Labute approximate surface area is 217 Å². The van der Waals surface area contributed by atoms with Crippen LogP contribution in [0, 0.1) is 0 Å². The van der Waals surface area contributed by atoms with Gasteiger partial charge in [0.1, 0.15) is 31.0 Å². The van der Waals surface area contributed by atoms with Crippen LogP contribution in [0.25, 0.3) is 11.2 Å². The van der Waals surface area contributed by atoms with Crippen molar-refractivity contribution in [2.24, 2.45) is 4.99 Å². The van der Waals surface area contributed by atoms with E-state index in [1.165, 1.54) is 6.33 Å². The molecule has 4 heterocycles. The fourth-order valence-corrected chi connectivity index (χ4v) is 4.20. The Balaban J connectivity index is 1.26. The number of aliphatic hydroxyl groups excluding tert-OH is 2. The highest BCUT2D eigenvalue weighted by molar-refractivity contribution is 6.05. The second-order valence-corrected chi connectivity index (χ2v) is 8.82. The van der Waals surface area contributed by atoms with Crippen LogP contribution >= 0.6 is 0 Å². The number of amidine groups is 1. The van der Waals surface area contributed by atoms with Crippen LogP contribution in [0.5, 0.6) is 11.5 Å². The lowest BCUT2D eigenvalue weighted by Crippen LogP contribution is -2.29. The number of aliphatic imine (C=N–C) groups is 1. The van der Waals surface area contributed by atoms with Crippen molar-refractivity contribution < 1.29 is 29.2 Å². The third-order valence-corrected chi connectivity index (χ3v) is 5.92. The van der Waals surface area contributed by atoms with Gasteiger partial charge in [0, 0.05) is 26.7 Å². The summed E-state index contributed by atoms with van der Waals surface area (Å²) in [6.45, 7) is 0.395. The van der Waals surface area contributed by atoms with Crippen LogP contribution < -0.4 is 20.1 Å². The van der Waals surface area contributed by atoms with Crippen molar-refractivity contribution in [1.29, 1.82) is 0 Å². The van der Waals surface area contributed by atoms with Crippen molar-refractivity contribution in [3.63, 3.8) is 0 Å². The number of nitrogens with zero attached hydrogens (tertiary/aromatic N) is 6. The molecule has 1 saturated heterocycles. The predicted molar refractivity (Wildman–Crippen MR) is 136 cm³/mol. The third-order valence-electron chi connectivity index (χ3n) is 5.92. The Bertz CT molecular complexity index is 1370. The smallest absolute Gasteiger partial charge is 0.212 e. The highest BCUT2D eigenvalue weighted by Gasteiger charge is 2.35. The highest BCUT2D eigenvalue weighted by atomic mass is 16.5. The van der Waals surface area contributed by atoms with Gasteiger partial charge in [0.05, 0.1) is 25.6 Å². The lowest BCUT2D eigenvalue weighted by atomic mass is 10.2. The van der Waals surface area contributed by atoms with Gasteiger partial charge in [-0.25, -0.2) is 19.9 Å². The standard InChI is InChI=1S/C24H28N8O6/c1-31(2)9-17-22(29-13-34)30-20-15(4-3-5-16(20)37-17)36-7-6-25-23-21-24(27-11-26-23)32(12-28-21)19-8-14(35)18(10-33)38-19/h3-5,9,11-14,18-19,33,35H,6-8,10H2,1-2H3,(H,25,26,27)(H,29,30,34)/b17-9+. The van der Waals surface area contributed by atoms with E-state index in [9.17, 15) is 15.0 Å². The van der Waals surface area contributed by atoms with Crippen molar-refractivity contribution in [3.8, 4) is 11.5 Å². The van der Waals surface area contributed by atoms with Gasteiger partial charge in [-0.05, 0) is 12.1 Å². The molecule has 1 fully saturated rings. The molecule has 2 aromatic heterocycles. The summed E-state index contributed by atoms with van der Waals surface area (Å²) in [7, 11) is 3.68. The molecular weight excluding hydrogens is 496 g/mol. The number of amides is 1. The van der Waals surface area contributed by atoms with Gasteiger partial charge in [0.15, 0.2) is 40.0 Å². The van der Waals surface area contributed by atoms with Crippen molar-refractivity contribution in [2.45, 2.75) is 24.9 Å². The first kappa shape index (κ1) is 25.4. The Morgan fingerprint density at radius 3 is 2.92 bits per heavy atom. The molecule has 5 rings (SSSR count). The van der Waals surface area contributed by atoms with E-state index in [2.05, 4.69) is 30.6 Å². The molecular formula is C24H28N8O6. The van der Waals surface area contributed by atoms with Crippen LogP contribution in [0.15, 0.2) is 47.8 Å². The number of carbonyl (C=O) groups is 1. The minimum atomic E-state index is -0.765. The lowest BCUT2D eigenvalue weighted by Gasteiger charge is -2.22. The maximum Gasteiger partial charge on any atom is 0.212 e. The summed E-state index contributed by atoms with van der Waals surface area (Å²) in [4.78, 5) is 30.4. The molecule has 14 nitrogen and oxygen atoms in total. The zero-order valence-corrected chi connectivity index (χ0v) is 20.8. The molecule has 0 saturated carbocycles. The SMILES string of the molecule is CN(C)/C=C1/Oc2cccc(OCCNc3ncnc4c3ncn4C3CC(O)C(CO)O3)c2N=C1NC=O. The number of carbonyl (C=O) groups excluding carboxylic acids is 1. The molecule has 3 aromatic rings. The molecule has 3 unspecified atom stereocenters. The first-order chi connectivity index (χ1) is 18.5. The summed E-state index contributed by atoms with van der Waals surface area (Å²) in [5.41, 5.74) is 1.55. The van der Waals surface area contributed by atoms with Crippen molar-refractivity contribution in [2.75, 3.05) is 39.2 Å². The van der Waals surface area contributed by atoms with Gasteiger partial charge in [-0.2, -0.15) is 0 Å². The van der Waals surface area contributed by atoms with Gasteiger partial charge in [-0.1, -0.05) is 6.07 Å². The molecule has 0 aliphatic carbocycles. The van der Waals surface area contributed by atoms with Crippen molar-refractivity contribution in [3.05, 3.63) is 42.8 Å². The summed E-state index contributed by atoms with van der Waals surface area (Å²) in [5.74, 6) is 2.20. The molecule has 4 N–H and O–H groups in total. The van der Waals surface area contributed by atoms with Gasteiger partial charge in [0.25, 0.3) is 0 Å². The summed E-state index contributed by atoms with van der Waals surface area (Å²) in [5, 5.41) is 25.2. The summed E-state index contributed by atoms with van der Waals surface area (Å²) in [6, 6.07) is 5.34. The second-order valence-electron chi connectivity index (χ2n) is 8.82. The number of ether oxygens (including phenoxy) is 3. The van der Waals surface area contributed by atoms with Gasteiger partial charge in [0.2, 0.25) is 6.41 Å². The van der Waals surface area contributed by atoms with E-state index in [0.717, 1.165) is 0 Å². The lowest BCUT2D eigenvalue weighted by molar-refractivity contribution is -0.108. The molecule has 38 heavy (non-hydrogen) atoms.